The van der Waals surface area contributed by atoms with Gasteiger partial charge in [-0.1, -0.05) is 0 Å². The number of rotatable bonds is 0. The Morgan fingerprint density at radius 3 is 2.57 bits per heavy atom. The normalized spacial score (nSPS) is 7.43. The molecule has 0 saturated heterocycles. The van der Waals surface area contributed by atoms with Gasteiger partial charge in [0, 0.05) is 5.38 Å². The van der Waals surface area contributed by atoms with Gasteiger partial charge < -0.3 is 5.73 Å². The SMILES string of the molecule is Cl.Nc1ccsn1. The van der Waals surface area contributed by atoms with Gasteiger partial charge in [0.05, 0.1) is 0 Å². The first-order chi connectivity index (χ1) is 2.89. The maximum absolute atomic E-state index is 5.18. The van der Waals surface area contributed by atoms with Crippen LogP contribution in [0.2, 0.25) is 0 Å². The smallest absolute Gasteiger partial charge is 0.136 e. The number of anilines is 1. The molecule has 4 heteroatoms. The highest BCUT2D eigenvalue weighted by Crippen LogP contribution is 1.97. The fourth-order valence-corrected chi connectivity index (χ4v) is 0.666. The molecule has 40 valence electrons. The molecule has 7 heavy (non-hydrogen) atoms. The van der Waals surface area contributed by atoms with E-state index in [4.69, 9.17) is 5.73 Å². The van der Waals surface area contributed by atoms with Crippen LogP contribution in [-0.4, -0.2) is 4.37 Å². The number of aromatic nitrogens is 1. The Morgan fingerprint density at radius 1 is 1.71 bits per heavy atom. The quantitative estimate of drug-likeness (QED) is 0.581. The Balaban J connectivity index is 0.000000360. The Morgan fingerprint density at radius 2 is 2.43 bits per heavy atom. The topological polar surface area (TPSA) is 38.9 Å². The molecule has 1 rings (SSSR count). The van der Waals surface area contributed by atoms with E-state index in [1.807, 2.05) is 5.38 Å². The third-order valence-electron chi connectivity index (χ3n) is 0.458. The Bertz CT molecular complexity index is 116. The number of nitrogens with two attached hydrogens (primary N) is 1. The summed E-state index contributed by atoms with van der Waals surface area (Å²) in [5.74, 6) is 0.611. The lowest BCUT2D eigenvalue weighted by molar-refractivity contribution is 1.57. The number of hydrogen-bond donors (Lipinski definition) is 1. The summed E-state index contributed by atoms with van der Waals surface area (Å²) in [5, 5.41) is 1.84. The van der Waals surface area contributed by atoms with Gasteiger partial charge in [-0.3, -0.25) is 0 Å². The van der Waals surface area contributed by atoms with Crippen LogP contribution in [-0.2, 0) is 0 Å². The molecule has 0 aliphatic carbocycles. The van der Waals surface area contributed by atoms with Crippen LogP contribution in [0.5, 0.6) is 0 Å². The number of nitrogen functional groups attached to an aromatic ring is 1. The van der Waals surface area contributed by atoms with E-state index in [1.54, 1.807) is 6.07 Å². The van der Waals surface area contributed by atoms with Crippen molar-refractivity contribution < 1.29 is 0 Å². The van der Waals surface area contributed by atoms with E-state index in [0.29, 0.717) is 5.82 Å². The van der Waals surface area contributed by atoms with Gasteiger partial charge in [-0.25, -0.2) is 0 Å². The van der Waals surface area contributed by atoms with Gasteiger partial charge in [-0.2, -0.15) is 4.37 Å². The Hall–Kier alpha value is -0.280. The summed E-state index contributed by atoms with van der Waals surface area (Å²) in [6, 6.07) is 1.77. The van der Waals surface area contributed by atoms with Crippen molar-refractivity contribution in [1.82, 2.24) is 4.37 Å². The van der Waals surface area contributed by atoms with E-state index in [-0.39, 0.29) is 12.4 Å². The molecule has 0 spiro atoms. The molecule has 0 radical (unpaired) electrons. The van der Waals surface area contributed by atoms with Crippen LogP contribution < -0.4 is 5.73 Å². The summed E-state index contributed by atoms with van der Waals surface area (Å²) in [6.07, 6.45) is 0. The molecule has 0 amide bonds. The fraction of sp³-hybridized carbons (Fsp3) is 0. The van der Waals surface area contributed by atoms with E-state index >= 15 is 0 Å². The summed E-state index contributed by atoms with van der Waals surface area (Å²) < 4.78 is 3.74. The lowest BCUT2D eigenvalue weighted by Crippen LogP contribution is -1.78. The molecule has 0 fully saturated rings. The van der Waals surface area contributed by atoms with Crippen LogP contribution in [0.1, 0.15) is 0 Å². The minimum absolute atomic E-state index is 0. The van der Waals surface area contributed by atoms with Crippen LogP contribution in [0.25, 0.3) is 0 Å². The summed E-state index contributed by atoms with van der Waals surface area (Å²) in [4.78, 5) is 0. The van der Waals surface area contributed by atoms with Crippen LogP contribution in [0.15, 0.2) is 11.4 Å². The van der Waals surface area contributed by atoms with Crippen molar-refractivity contribution in [3.8, 4) is 0 Å². The van der Waals surface area contributed by atoms with Gasteiger partial charge in [0.25, 0.3) is 0 Å². The van der Waals surface area contributed by atoms with Crippen molar-refractivity contribution in [2.45, 2.75) is 0 Å². The number of halogens is 1. The molecule has 0 saturated carbocycles. The van der Waals surface area contributed by atoms with E-state index in [9.17, 15) is 0 Å². The average Bonchev–Trinajstić information content (AvgIpc) is 1.86. The molecular weight excluding hydrogens is 132 g/mol. The fourth-order valence-electron chi connectivity index (χ4n) is 0.222. The van der Waals surface area contributed by atoms with Crippen molar-refractivity contribution in [2.24, 2.45) is 0 Å². The molecule has 1 heterocycles. The first-order valence-electron chi connectivity index (χ1n) is 1.55. The molecular formula is C3H5ClN2S. The van der Waals surface area contributed by atoms with Crippen LogP contribution in [0.3, 0.4) is 0 Å². The lowest BCUT2D eigenvalue weighted by atomic mass is 10.7. The third-order valence-corrected chi connectivity index (χ3v) is 1.03. The maximum atomic E-state index is 5.18. The predicted octanol–water partition coefficient (Wildman–Crippen LogP) is 1.15. The summed E-state index contributed by atoms with van der Waals surface area (Å²) >= 11 is 1.36. The second-order valence-corrected chi connectivity index (χ2v) is 1.59. The van der Waals surface area contributed by atoms with Crippen molar-refractivity contribution in [2.75, 3.05) is 5.73 Å². The molecule has 0 unspecified atom stereocenters. The average molecular weight is 137 g/mol. The minimum atomic E-state index is 0. The van der Waals surface area contributed by atoms with Gasteiger partial charge in [0.15, 0.2) is 0 Å². The maximum Gasteiger partial charge on any atom is 0.136 e. The van der Waals surface area contributed by atoms with E-state index < -0.39 is 0 Å². The summed E-state index contributed by atoms with van der Waals surface area (Å²) in [6.45, 7) is 0. The van der Waals surface area contributed by atoms with Gasteiger partial charge in [0.1, 0.15) is 5.82 Å². The van der Waals surface area contributed by atoms with Gasteiger partial charge in [-0.15, -0.1) is 12.4 Å². The second kappa shape index (κ2) is 2.82. The molecule has 2 nitrogen and oxygen atoms in total. The standard InChI is InChI=1S/C3H4N2S.ClH/c4-3-1-2-6-5-3;/h1-2H,(H2,4,5);1H. The molecule has 0 aliphatic heterocycles. The molecule has 0 bridgehead atoms. The number of nitrogens with zero attached hydrogens (tertiary/aromatic N) is 1. The van der Waals surface area contributed by atoms with E-state index in [1.165, 1.54) is 11.5 Å². The highest BCUT2D eigenvalue weighted by molar-refractivity contribution is 7.03. The van der Waals surface area contributed by atoms with E-state index in [0.717, 1.165) is 0 Å². The van der Waals surface area contributed by atoms with Crippen molar-refractivity contribution in [1.29, 1.82) is 0 Å². The van der Waals surface area contributed by atoms with Gasteiger partial charge in [-0.05, 0) is 17.6 Å². The van der Waals surface area contributed by atoms with E-state index in [2.05, 4.69) is 4.37 Å². The molecule has 0 aliphatic rings. The van der Waals surface area contributed by atoms with Crippen LogP contribution in [0.4, 0.5) is 5.82 Å². The van der Waals surface area contributed by atoms with Crippen molar-refractivity contribution >= 4 is 29.8 Å². The third kappa shape index (κ3) is 1.75. The summed E-state index contributed by atoms with van der Waals surface area (Å²) in [7, 11) is 0. The highest BCUT2D eigenvalue weighted by Gasteiger charge is 1.76. The van der Waals surface area contributed by atoms with Crippen molar-refractivity contribution in [3.05, 3.63) is 11.4 Å². The van der Waals surface area contributed by atoms with Crippen LogP contribution in [0, 0.1) is 0 Å². The first kappa shape index (κ1) is 6.72. The zero-order chi connectivity index (χ0) is 4.41. The highest BCUT2D eigenvalue weighted by atomic mass is 35.5. The molecule has 1 aromatic rings. The van der Waals surface area contributed by atoms with Crippen molar-refractivity contribution in [3.63, 3.8) is 0 Å². The Kier molecular flexibility index (Phi) is 2.71. The summed E-state index contributed by atoms with van der Waals surface area (Å²) in [5.41, 5.74) is 5.18. The van der Waals surface area contributed by atoms with Gasteiger partial charge >= 0.3 is 0 Å². The zero-order valence-corrected chi connectivity index (χ0v) is 5.13. The van der Waals surface area contributed by atoms with Gasteiger partial charge in [0.2, 0.25) is 0 Å². The Labute approximate surface area is 51.9 Å². The molecule has 2 N–H and O–H groups in total. The lowest BCUT2D eigenvalue weighted by Gasteiger charge is -1.67. The predicted molar refractivity (Wildman–Crippen MR) is 33.8 cm³/mol. The second-order valence-electron chi connectivity index (χ2n) is 0.924. The molecule has 0 atom stereocenters. The van der Waals surface area contributed by atoms with Crippen LogP contribution >= 0.6 is 23.9 Å². The number of hydrogen-bond acceptors (Lipinski definition) is 3. The molecule has 1 aromatic heterocycles. The first-order valence-corrected chi connectivity index (χ1v) is 2.39. The zero-order valence-electron chi connectivity index (χ0n) is 3.50. The molecule has 0 aromatic carbocycles. The monoisotopic (exact) mass is 136 g/mol. The largest absolute Gasteiger partial charge is 0.383 e. The minimum Gasteiger partial charge on any atom is -0.383 e.